The van der Waals surface area contributed by atoms with E-state index in [0.717, 1.165) is 44.6 Å². The van der Waals surface area contributed by atoms with Gasteiger partial charge in [0.25, 0.3) is 0 Å². The molecule has 0 bridgehead atoms. The van der Waals surface area contributed by atoms with Crippen LogP contribution in [0, 0.1) is 0 Å². The minimum absolute atomic E-state index is 0.352. The summed E-state index contributed by atoms with van der Waals surface area (Å²) in [6, 6.07) is 7.16. The van der Waals surface area contributed by atoms with Crippen molar-refractivity contribution in [3.8, 4) is 0 Å². The molecule has 1 unspecified atom stereocenters. The normalized spacial score (nSPS) is 19.6. The quantitative estimate of drug-likeness (QED) is 0.806. The second-order valence-corrected chi connectivity index (χ2v) is 7.39. The van der Waals surface area contributed by atoms with Crippen LogP contribution < -0.4 is 0 Å². The number of hydrogen-bond donors (Lipinski definition) is 0. The van der Waals surface area contributed by atoms with Crippen LogP contribution in [0.3, 0.4) is 0 Å². The highest BCUT2D eigenvalue weighted by Crippen LogP contribution is 2.16. The summed E-state index contributed by atoms with van der Waals surface area (Å²) in [5.41, 5.74) is 1.14. The van der Waals surface area contributed by atoms with E-state index in [4.69, 9.17) is 4.74 Å². The maximum atomic E-state index is 11.4. The minimum atomic E-state index is -3.11. The van der Waals surface area contributed by atoms with Crippen LogP contribution >= 0.6 is 0 Å². The zero-order valence-corrected chi connectivity index (χ0v) is 13.0. The third-order valence-corrected chi connectivity index (χ3v) is 4.82. The summed E-state index contributed by atoms with van der Waals surface area (Å²) in [5.74, 6) is 0. The fourth-order valence-electron chi connectivity index (χ4n) is 2.48. The lowest BCUT2D eigenvalue weighted by atomic mass is 10.2. The van der Waals surface area contributed by atoms with Crippen LogP contribution in [0.2, 0.25) is 0 Å². The molecule has 1 atom stereocenters. The van der Waals surface area contributed by atoms with Crippen LogP contribution in [0.4, 0.5) is 0 Å². The van der Waals surface area contributed by atoms with E-state index in [2.05, 4.69) is 11.8 Å². The molecule has 0 aromatic heterocycles. The van der Waals surface area contributed by atoms with E-state index in [-0.39, 0.29) is 0 Å². The van der Waals surface area contributed by atoms with Crippen molar-refractivity contribution in [1.29, 1.82) is 0 Å². The minimum Gasteiger partial charge on any atom is -0.377 e. The molecule has 0 amide bonds. The van der Waals surface area contributed by atoms with Crippen LogP contribution in [0.15, 0.2) is 29.2 Å². The van der Waals surface area contributed by atoms with Crippen molar-refractivity contribution in [2.75, 3.05) is 26.0 Å². The van der Waals surface area contributed by atoms with Gasteiger partial charge in [-0.2, -0.15) is 0 Å². The first-order valence-corrected chi connectivity index (χ1v) is 9.01. The molecule has 0 N–H and O–H groups in total. The predicted octanol–water partition coefficient (Wildman–Crippen LogP) is 2.09. The monoisotopic (exact) mass is 297 g/mol. The van der Waals surface area contributed by atoms with Gasteiger partial charge in [0.15, 0.2) is 9.84 Å². The Kier molecular flexibility index (Phi) is 5.18. The molecule has 0 radical (unpaired) electrons. The highest BCUT2D eigenvalue weighted by molar-refractivity contribution is 7.90. The Labute approximate surface area is 121 Å². The molecule has 1 heterocycles. The summed E-state index contributed by atoms with van der Waals surface area (Å²) in [7, 11) is -3.11. The molecule has 0 aliphatic carbocycles. The second kappa shape index (κ2) is 6.70. The van der Waals surface area contributed by atoms with Gasteiger partial charge in [-0.1, -0.05) is 19.1 Å². The predicted molar refractivity (Wildman–Crippen MR) is 79.5 cm³/mol. The summed E-state index contributed by atoms with van der Waals surface area (Å²) in [6.45, 7) is 5.77. The van der Waals surface area contributed by atoms with Crippen molar-refractivity contribution in [2.45, 2.75) is 37.3 Å². The maximum absolute atomic E-state index is 11.4. The standard InChI is InChI=1S/C15H23NO3S/c1-3-16(12-14-5-4-10-19-14)11-13-6-8-15(9-7-13)20(2,17)18/h6-9,14H,3-5,10-12H2,1-2H3. The Balaban J connectivity index is 1.96. The van der Waals surface area contributed by atoms with E-state index in [0.29, 0.717) is 11.0 Å². The number of rotatable bonds is 6. The summed E-state index contributed by atoms with van der Waals surface area (Å²) < 4.78 is 28.5. The van der Waals surface area contributed by atoms with Gasteiger partial charge in [-0.25, -0.2) is 8.42 Å². The molecule has 1 aliphatic heterocycles. The molecule has 1 aromatic carbocycles. The molecule has 1 fully saturated rings. The first kappa shape index (κ1) is 15.5. The van der Waals surface area contributed by atoms with E-state index < -0.39 is 9.84 Å². The molecule has 1 aliphatic rings. The Hall–Kier alpha value is -0.910. The number of likely N-dealkylation sites (N-methyl/N-ethyl adjacent to an activating group) is 1. The van der Waals surface area contributed by atoms with Crippen LogP contribution in [-0.4, -0.2) is 45.4 Å². The molecular formula is C15H23NO3S. The Morgan fingerprint density at radius 2 is 2.00 bits per heavy atom. The number of ether oxygens (including phenoxy) is 1. The third kappa shape index (κ3) is 4.30. The van der Waals surface area contributed by atoms with Crippen molar-refractivity contribution in [2.24, 2.45) is 0 Å². The van der Waals surface area contributed by atoms with Gasteiger partial charge < -0.3 is 4.74 Å². The highest BCUT2D eigenvalue weighted by atomic mass is 32.2. The first-order chi connectivity index (χ1) is 9.49. The SMILES string of the molecule is CCN(Cc1ccc(S(C)(=O)=O)cc1)CC1CCCO1. The van der Waals surface area contributed by atoms with E-state index in [1.54, 1.807) is 12.1 Å². The zero-order chi connectivity index (χ0) is 14.6. The van der Waals surface area contributed by atoms with Crippen molar-refractivity contribution < 1.29 is 13.2 Å². The highest BCUT2D eigenvalue weighted by Gasteiger charge is 2.18. The summed E-state index contributed by atoms with van der Waals surface area (Å²) in [6.07, 6.45) is 3.89. The maximum Gasteiger partial charge on any atom is 0.175 e. The van der Waals surface area contributed by atoms with Crippen LogP contribution in [-0.2, 0) is 21.1 Å². The van der Waals surface area contributed by atoms with Crippen molar-refractivity contribution in [3.63, 3.8) is 0 Å². The average molecular weight is 297 g/mol. The first-order valence-electron chi connectivity index (χ1n) is 7.12. The summed E-state index contributed by atoms with van der Waals surface area (Å²) in [4.78, 5) is 2.72. The van der Waals surface area contributed by atoms with Gasteiger partial charge in [0.05, 0.1) is 11.0 Å². The van der Waals surface area contributed by atoms with Gasteiger partial charge in [-0.3, -0.25) is 4.90 Å². The number of nitrogens with zero attached hydrogens (tertiary/aromatic N) is 1. The average Bonchev–Trinajstić information content (AvgIpc) is 2.90. The van der Waals surface area contributed by atoms with Gasteiger partial charge in [0.1, 0.15) is 0 Å². The third-order valence-electron chi connectivity index (χ3n) is 3.69. The van der Waals surface area contributed by atoms with Gasteiger partial charge in [0, 0.05) is 26.0 Å². The van der Waals surface area contributed by atoms with Crippen molar-refractivity contribution in [1.82, 2.24) is 4.90 Å². The molecule has 20 heavy (non-hydrogen) atoms. The van der Waals surface area contributed by atoms with Gasteiger partial charge in [0.2, 0.25) is 0 Å². The molecule has 5 heteroatoms. The van der Waals surface area contributed by atoms with E-state index in [1.807, 2.05) is 12.1 Å². The number of hydrogen-bond acceptors (Lipinski definition) is 4. The van der Waals surface area contributed by atoms with Crippen LogP contribution in [0.5, 0.6) is 0 Å². The number of benzene rings is 1. The Morgan fingerprint density at radius 3 is 2.50 bits per heavy atom. The van der Waals surface area contributed by atoms with E-state index in [1.165, 1.54) is 6.26 Å². The van der Waals surface area contributed by atoms with Crippen molar-refractivity contribution in [3.05, 3.63) is 29.8 Å². The fourth-order valence-corrected chi connectivity index (χ4v) is 3.11. The molecule has 112 valence electrons. The smallest absolute Gasteiger partial charge is 0.175 e. The lowest BCUT2D eigenvalue weighted by Gasteiger charge is -2.23. The van der Waals surface area contributed by atoms with E-state index >= 15 is 0 Å². The molecule has 1 saturated heterocycles. The second-order valence-electron chi connectivity index (χ2n) is 5.38. The van der Waals surface area contributed by atoms with E-state index in [9.17, 15) is 8.42 Å². The van der Waals surface area contributed by atoms with Crippen LogP contribution in [0.25, 0.3) is 0 Å². The van der Waals surface area contributed by atoms with Crippen molar-refractivity contribution >= 4 is 9.84 Å². The van der Waals surface area contributed by atoms with Crippen LogP contribution in [0.1, 0.15) is 25.3 Å². The molecule has 0 spiro atoms. The molecular weight excluding hydrogens is 274 g/mol. The fraction of sp³-hybridized carbons (Fsp3) is 0.600. The number of sulfone groups is 1. The topological polar surface area (TPSA) is 46.6 Å². The zero-order valence-electron chi connectivity index (χ0n) is 12.2. The molecule has 4 nitrogen and oxygen atoms in total. The molecule has 0 saturated carbocycles. The van der Waals surface area contributed by atoms with Gasteiger partial charge >= 0.3 is 0 Å². The van der Waals surface area contributed by atoms with Gasteiger partial charge in [-0.15, -0.1) is 0 Å². The Morgan fingerprint density at radius 1 is 1.30 bits per heavy atom. The van der Waals surface area contributed by atoms with Gasteiger partial charge in [-0.05, 0) is 37.1 Å². The Bertz CT molecular complexity index is 519. The summed E-state index contributed by atoms with van der Waals surface area (Å²) >= 11 is 0. The lowest BCUT2D eigenvalue weighted by molar-refractivity contribution is 0.0725. The largest absolute Gasteiger partial charge is 0.377 e. The molecule has 1 aromatic rings. The summed E-state index contributed by atoms with van der Waals surface area (Å²) in [5, 5.41) is 0. The lowest BCUT2D eigenvalue weighted by Crippen LogP contribution is -2.31. The molecule has 2 rings (SSSR count).